The van der Waals surface area contributed by atoms with Crippen LogP contribution in [0.4, 0.5) is 4.39 Å². The summed E-state index contributed by atoms with van der Waals surface area (Å²) in [7, 11) is 3.96. The lowest BCUT2D eigenvalue weighted by Gasteiger charge is -2.24. The van der Waals surface area contributed by atoms with Crippen molar-refractivity contribution in [3.8, 4) is 0 Å². The van der Waals surface area contributed by atoms with Gasteiger partial charge in [0.2, 0.25) is 0 Å². The molecule has 20 heavy (non-hydrogen) atoms. The maximum atomic E-state index is 12.8. The number of benzene rings is 1. The number of hydrogen-bond donors (Lipinski definition) is 1. The van der Waals surface area contributed by atoms with Gasteiger partial charge in [0.1, 0.15) is 5.82 Å². The van der Waals surface area contributed by atoms with E-state index in [1.54, 1.807) is 11.3 Å². The highest BCUT2D eigenvalue weighted by molar-refractivity contribution is 7.07. The van der Waals surface area contributed by atoms with E-state index in [0.29, 0.717) is 12.1 Å². The van der Waals surface area contributed by atoms with Crippen LogP contribution in [0.3, 0.4) is 0 Å². The summed E-state index contributed by atoms with van der Waals surface area (Å²) in [5.74, 6) is -0.530. The quantitative estimate of drug-likeness (QED) is 0.919. The minimum Gasteiger partial charge on any atom is -0.350 e. The van der Waals surface area contributed by atoms with E-state index in [2.05, 4.69) is 21.7 Å². The first-order chi connectivity index (χ1) is 9.58. The predicted molar refractivity (Wildman–Crippen MR) is 79.5 cm³/mol. The molecule has 1 amide bonds. The van der Waals surface area contributed by atoms with Crippen molar-refractivity contribution >= 4 is 17.2 Å². The average Bonchev–Trinajstić information content (AvgIpc) is 2.93. The lowest BCUT2D eigenvalue weighted by atomic mass is 10.1. The highest BCUT2D eigenvalue weighted by Crippen LogP contribution is 2.20. The highest BCUT2D eigenvalue weighted by Gasteiger charge is 2.16. The first-order valence-corrected chi connectivity index (χ1v) is 7.24. The third-order valence-corrected chi connectivity index (χ3v) is 3.82. The fourth-order valence-corrected chi connectivity index (χ4v) is 2.66. The molecule has 2 aromatic rings. The van der Waals surface area contributed by atoms with Crippen LogP contribution in [0.25, 0.3) is 0 Å². The minimum absolute atomic E-state index is 0.130. The monoisotopic (exact) mass is 292 g/mol. The molecule has 0 unspecified atom stereocenters. The van der Waals surface area contributed by atoms with Gasteiger partial charge >= 0.3 is 0 Å². The van der Waals surface area contributed by atoms with E-state index in [0.717, 1.165) is 0 Å². The van der Waals surface area contributed by atoms with E-state index in [1.807, 2.05) is 19.5 Å². The van der Waals surface area contributed by atoms with Crippen LogP contribution in [0.1, 0.15) is 22.0 Å². The molecule has 2 rings (SSSR count). The highest BCUT2D eigenvalue weighted by atomic mass is 32.1. The number of hydrogen-bond acceptors (Lipinski definition) is 3. The molecule has 1 aromatic heterocycles. The number of amides is 1. The van der Waals surface area contributed by atoms with Crippen molar-refractivity contribution in [2.75, 3.05) is 20.6 Å². The van der Waals surface area contributed by atoms with Gasteiger partial charge in [-0.25, -0.2) is 4.39 Å². The van der Waals surface area contributed by atoms with Crippen LogP contribution in [0.5, 0.6) is 0 Å². The standard InChI is InChI=1S/C15H17FN2OS/c1-18(2)14(12-7-8-20-10-12)9-17-15(19)11-3-5-13(16)6-4-11/h3-8,10,14H,9H2,1-2H3,(H,17,19)/t14-/m1/s1. The summed E-state index contributed by atoms with van der Waals surface area (Å²) < 4.78 is 12.8. The van der Waals surface area contributed by atoms with Gasteiger partial charge in [0.05, 0.1) is 6.04 Å². The van der Waals surface area contributed by atoms with Crippen LogP contribution in [0, 0.1) is 5.82 Å². The van der Waals surface area contributed by atoms with E-state index >= 15 is 0 Å². The molecule has 0 aliphatic carbocycles. The van der Waals surface area contributed by atoms with Crippen molar-refractivity contribution in [3.63, 3.8) is 0 Å². The number of thiophene rings is 1. The molecule has 0 saturated carbocycles. The smallest absolute Gasteiger partial charge is 0.251 e. The molecule has 0 radical (unpaired) electrons. The second-order valence-electron chi connectivity index (χ2n) is 4.75. The van der Waals surface area contributed by atoms with Gasteiger partial charge in [0.25, 0.3) is 5.91 Å². The molecule has 0 fully saturated rings. The van der Waals surface area contributed by atoms with Crippen molar-refractivity contribution in [3.05, 3.63) is 58.0 Å². The predicted octanol–water partition coefficient (Wildman–Crippen LogP) is 2.92. The third-order valence-electron chi connectivity index (χ3n) is 3.11. The summed E-state index contributed by atoms with van der Waals surface area (Å²) in [5.41, 5.74) is 1.65. The molecule has 0 aliphatic rings. The molecule has 1 atom stereocenters. The topological polar surface area (TPSA) is 32.3 Å². The van der Waals surface area contributed by atoms with Crippen LogP contribution in [0.2, 0.25) is 0 Å². The van der Waals surface area contributed by atoms with Gasteiger partial charge in [-0.2, -0.15) is 11.3 Å². The zero-order valence-corrected chi connectivity index (χ0v) is 12.3. The van der Waals surface area contributed by atoms with Crippen LogP contribution < -0.4 is 5.32 Å². The van der Waals surface area contributed by atoms with E-state index < -0.39 is 0 Å². The molecule has 106 valence electrons. The Morgan fingerprint density at radius 1 is 1.30 bits per heavy atom. The number of carbonyl (C=O) groups excluding carboxylic acids is 1. The second-order valence-corrected chi connectivity index (χ2v) is 5.53. The number of nitrogens with zero attached hydrogens (tertiary/aromatic N) is 1. The van der Waals surface area contributed by atoms with E-state index in [9.17, 15) is 9.18 Å². The maximum Gasteiger partial charge on any atom is 0.251 e. The van der Waals surface area contributed by atoms with Crippen molar-refractivity contribution in [1.29, 1.82) is 0 Å². The molecule has 1 aromatic carbocycles. The van der Waals surface area contributed by atoms with Crippen molar-refractivity contribution in [1.82, 2.24) is 10.2 Å². The van der Waals surface area contributed by atoms with Crippen LogP contribution in [-0.2, 0) is 0 Å². The molecule has 1 N–H and O–H groups in total. The summed E-state index contributed by atoms with van der Waals surface area (Å²) in [4.78, 5) is 14.1. The van der Waals surface area contributed by atoms with Crippen LogP contribution >= 0.6 is 11.3 Å². The number of carbonyl (C=O) groups is 1. The van der Waals surface area contributed by atoms with Gasteiger partial charge < -0.3 is 10.2 Å². The van der Waals surface area contributed by atoms with Crippen LogP contribution in [-0.4, -0.2) is 31.4 Å². The Morgan fingerprint density at radius 2 is 2.00 bits per heavy atom. The van der Waals surface area contributed by atoms with E-state index in [4.69, 9.17) is 0 Å². The normalized spacial score (nSPS) is 12.4. The zero-order valence-electron chi connectivity index (χ0n) is 11.5. The van der Waals surface area contributed by atoms with Gasteiger partial charge in [-0.05, 0) is 60.8 Å². The van der Waals surface area contributed by atoms with Gasteiger partial charge in [-0.3, -0.25) is 4.79 Å². The molecule has 0 aliphatic heterocycles. The maximum absolute atomic E-state index is 12.8. The molecule has 0 bridgehead atoms. The Morgan fingerprint density at radius 3 is 2.55 bits per heavy atom. The second kappa shape index (κ2) is 6.63. The largest absolute Gasteiger partial charge is 0.350 e. The average molecular weight is 292 g/mol. The summed E-state index contributed by atoms with van der Waals surface area (Å²) in [5, 5.41) is 6.99. The lowest BCUT2D eigenvalue weighted by Crippen LogP contribution is -2.34. The minimum atomic E-state index is -0.342. The van der Waals surface area contributed by atoms with Crippen LogP contribution in [0.15, 0.2) is 41.1 Å². The third kappa shape index (κ3) is 3.65. The zero-order chi connectivity index (χ0) is 14.5. The molecule has 0 saturated heterocycles. The summed E-state index contributed by atoms with van der Waals surface area (Å²) in [6.45, 7) is 0.514. The molecular formula is C15H17FN2OS. The fourth-order valence-electron chi connectivity index (χ4n) is 1.96. The Kier molecular flexibility index (Phi) is 4.87. The molecular weight excluding hydrogens is 275 g/mol. The Labute approximate surface area is 122 Å². The Balaban J connectivity index is 1.99. The number of rotatable bonds is 5. The number of likely N-dealkylation sites (N-methyl/N-ethyl adjacent to an activating group) is 1. The van der Waals surface area contributed by atoms with Gasteiger partial charge in [-0.15, -0.1) is 0 Å². The van der Waals surface area contributed by atoms with Gasteiger partial charge in [-0.1, -0.05) is 0 Å². The Bertz CT molecular complexity index is 552. The summed E-state index contributed by atoms with van der Waals surface area (Å²) in [6, 6.07) is 7.74. The molecule has 3 nitrogen and oxygen atoms in total. The Hall–Kier alpha value is -1.72. The summed E-state index contributed by atoms with van der Waals surface area (Å²) >= 11 is 1.64. The van der Waals surface area contributed by atoms with Gasteiger partial charge in [0, 0.05) is 12.1 Å². The SMILES string of the molecule is CN(C)[C@H](CNC(=O)c1ccc(F)cc1)c1ccsc1. The molecule has 0 spiro atoms. The van der Waals surface area contributed by atoms with Crippen molar-refractivity contribution in [2.45, 2.75) is 6.04 Å². The molecule has 1 heterocycles. The fraction of sp³-hybridized carbons (Fsp3) is 0.267. The number of nitrogens with one attached hydrogen (secondary N) is 1. The lowest BCUT2D eigenvalue weighted by molar-refractivity contribution is 0.0942. The summed E-state index contributed by atoms with van der Waals surface area (Å²) in [6.07, 6.45) is 0. The van der Waals surface area contributed by atoms with E-state index in [-0.39, 0.29) is 17.8 Å². The molecule has 5 heteroatoms. The first-order valence-electron chi connectivity index (χ1n) is 6.30. The number of halogens is 1. The van der Waals surface area contributed by atoms with Gasteiger partial charge in [0.15, 0.2) is 0 Å². The van der Waals surface area contributed by atoms with Crippen molar-refractivity contribution < 1.29 is 9.18 Å². The van der Waals surface area contributed by atoms with E-state index in [1.165, 1.54) is 29.8 Å². The first kappa shape index (κ1) is 14.7. The van der Waals surface area contributed by atoms with Crippen molar-refractivity contribution in [2.24, 2.45) is 0 Å².